The molecule has 2 amide bonds. The Bertz CT molecular complexity index is 231. The third-order valence-corrected chi connectivity index (χ3v) is 3.82. The second-order valence-electron chi connectivity index (χ2n) is 5.22. The van der Waals surface area contributed by atoms with Crippen LogP contribution < -0.4 is 10.6 Å². The van der Waals surface area contributed by atoms with Crippen LogP contribution in [0.2, 0.25) is 0 Å². The van der Waals surface area contributed by atoms with Gasteiger partial charge in [0.1, 0.15) is 0 Å². The Morgan fingerprint density at radius 2 is 1.94 bits per heavy atom. The molecule has 1 atom stereocenters. The molecular weight excluding hydrogens is 214 g/mol. The molecule has 2 aliphatic heterocycles. The van der Waals surface area contributed by atoms with Gasteiger partial charge in [-0.25, -0.2) is 4.79 Å². The van der Waals surface area contributed by atoms with Crippen molar-refractivity contribution in [3.63, 3.8) is 0 Å². The van der Waals surface area contributed by atoms with Gasteiger partial charge < -0.3 is 15.5 Å². The molecular formula is C13H25N3O. The molecule has 0 aromatic carbocycles. The van der Waals surface area contributed by atoms with E-state index in [2.05, 4.69) is 10.6 Å². The molecule has 0 unspecified atom stereocenters. The Hall–Kier alpha value is -0.770. The molecule has 2 fully saturated rings. The highest BCUT2D eigenvalue weighted by molar-refractivity contribution is 5.74. The quantitative estimate of drug-likeness (QED) is 0.787. The Balaban J connectivity index is 1.61. The van der Waals surface area contributed by atoms with Crippen LogP contribution in [-0.2, 0) is 0 Å². The summed E-state index contributed by atoms with van der Waals surface area (Å²) in [6, 6.07) is 0.768. The molecule has 17 heavy (non-hydrogen) atoms. The summed E-state index contributed by atoms with van der Waals surface area (Å²) in [5.41, 5.74) is 0. The number of hydrogen-bond acceptors (Lipinski definition) is 2. The van der Waals surface area contributed by atoms with Gasteiger partial charge in [-0.15, -0.1) is 0 Å². The minimum Gasteiger partial charge on any atom is -0.338 e. The molecule has 4 nitrogen and oxygen atoms in total. The van der Waals surface area contributed by atoms with Crippen LogP contribution in [0.1, 0.15) is 44.9 Å². The van der Waals surface area contributed by atoms with Gasteiger partial charge in [0.2, 0.25) is 0 Å². The van der Waals surface area contributed by atoms with Crippen LogP contribution in [0, 0.1) is 0 Å². The number of rotatable bonds is 3. The summed E-state index contributed by atoms with van der Waals surface area (Å²) in [6.07, 6.45) is 8.49. The number of amides is 2. The highest BCUT2D eigenvalue weighted by Crippen LogP contribution is 2.10. The average molecular weight is 239 g/mol. The van der Waals surface area contributed by atoms with Crippen LogP contribution in [0.15, 0.2) is 0 Å². The molecule has 0 bridgehead atoms. The SMILES string of the molecule is O=C(NCC[C@@H]1CCCN1)N1CCCCCC1. The molecule has 2 saturated heterocycles. The number of carbonyl (C=O) groups is 1. The fraction of sp³-hybridized carbons (Fsp3) is 0.923. The Morgan fingerprint density at radius 3 is 2.59 bits per heavy atom. The first-order valence-electron chi connectivity index (χ1n) is 7.12. The summed E-state index contributed by atoms with van der Waals surface area (Å²) in [6.45, 7) is 3.83. The van der Waals surface area contributed by atoms with E-state index in [1.54, 1.807) is 0 Å². The molecule has 0 aromatic rings. The largest absolute Gasteiger partial charge is 0.338 e. The Morgan fingerprint density at radius 1 is 1.18 bits per heavy atom. The van der Waals surface area contributed by atoms with E-state index in [9.17, 15) is 4.79 Å². The van der Waals surface area contributed by atoms with Crippen molar-refractivity contribution in [2.45, 2.75) is 51.0 Å². The summed E-state index contributed by atoms with van der Waals surface area (Å²) in [5.74, 6) is 0. The normalized spacial score (nSPS) is 25.6. The number of likely N-dealkylation sites (tertiary alicyclic amines) is 1. The second-order valence-corrected chi connectivity index (χ2v) is 5.22. The predicted molar refractivity (Wildman–Crippen MR) is 69.1 cm³/mol. The molecule has 98 valence electrons. The number of nitrogens with one attached hydrogen (secondary N) is 2. The van der Waals surface area contributed by atoms with E-state index in [1.165, 1.54) is 25.7 Å². The van der Waals surface area contributed by atoms with Crippen LogP contribution in [0.4, 0.5) is 4.79 Å². The average Bonchev–Trinajstić information content (AvgIpc) is 2.69. The van der Waals surface area contributed by atoms with Crippen molar-refractivity contribution >= 4 is 6.03 Å². The Labute approximate surface area is 104 Å². The van der Waals surface area contributed by atoms with Crippen molar-refractivity contribution in [3.8, 4) is 0 Å². The topological polar surface area (TPSA) is 44.4 Å². The molecule has 4 heteroatoms. The molecule has 2 heterocycles. The van der Waals surface area contributed by atoms with Crippen molar-refractivity contribution in [3.05, 3.63) is 0 Å². The first-order valence-corrected chi connectivity index (χ1v) is 7.12. The standard InChI is InChI=1S/C13H25N3O/c17-13(16-10-3-1-2-4-11-16)15-9-7-12-6-5-8-14-12/h12,14H,1-11H2,(H,15,17)/t12-/m0/s1. The van der Waals surface area contributed by atoms with E-state index in [-0.39, 0.29) is 6.03 Å². The van der Waals surface area contributed by atoms with E-state index < -0.39 is 0 Å². The molecule has 0 aliphatic carbocycles. The zero-order chi connectivity index (χ0) is 11.9. The maximum Gasteiger partial charge on any atom is 0.317 e. The lowest BCUT2D eigenvalue weighted by atomic mass is 10.1. The van der Waals surface area contributed by atoms with Gasteiger partial charge >= 0.3 is 6.03 Å². The third kappa shape index (κ3) is 4.19. The fourth-order valence-electron chi connectivity index (χ4n) is 2.74. The van der Waals surface area contributed by atoms with Crippen molar-refractivity contribution in [1.82, 2.24) is 15.5 Å². The molecule has 2 rings (SSSR count). The number of carbonyl (C=O) groups excluding carboxylic acids is 1. The van der Waals surface area contributed by atoms with Crippen LogP contribution in [0.5, 0.6) is 0 Å². The van der Waals surface area contributed by atoms with Gasteiger partial charge in [-0.05, 0) is 38.6 Å². The second kappa shape index (κ2) is 6.84. The van der Waals surface area contributed by atoms with Crippen LogP contribution in [0.3, 0.4) is 0 Å². The van der Waals surface area contributed by atoms with E-state index >= 15 is 0 Å². The molecule has 0 spiro atoms. The molecule has 0 saturated carbocycles. The molecule has 2 N–H and O–H groups in total. The molecule has 0 radical (unpaired) electrons. The smallest absolute Gasteiger partial charge is 0.317 e. The minimum atomic E-state index is 0.143. The van der Waals surface area contributed by atoms with Crippen molar-refractivity contribution in [1.29, 1.82) is 0 Å². The van der Waals surface area contributed by atoms with Crippen LogP contribution in [-0.4, -0.2) is 43.2 Å². The lowest BCUT2D eigenvalue weighted by Crippen LogP contribution is -2.41. The van der Waals surface area contributed by atoms with Gasteiger partial charge in [0.05, 0.1) is 0 Å². The zero-order valence-corrected chi connectivity index (χ0v) is 10.7. The van der Waals surface area contributed by atoms with Crippen molar-refractivity contribution in [2.24, 2.45) is 0 Å². The third-order valence-electron chi connectivity index (χ3n) is 3.82. The zero-order valence-electron chi connectivity index (χ0n) is 10.7. The van der Waals surface area contributed by atoms with Crippen molar-refractivity contribution < 1.29 is 4.79 Å². The lowest BCUT2D eigenvalue weighted by Gasteiger charge is -2.21. The van der Waals surface area contributed by atoms with Gasteiger partial charge in [-0.3, -0.25) is 0 Å². The van der Waals surface area contributed by atoms with Gasteiger partial charge in [0.25, 0.3) is 0 Å². The number of urea groups is 1. The van der Waals surface area contributed by atoms with E-state index in [0.29, 0.717) is 6.04 Å². The van der Waals surface area contributed by atoms with Gasteiger partial charge in [0.15, 0.2) is 0 Å². The van der Waals surface area contributed by atoms with E-state index in [1.807, 2.05) is 4.90 Å². The predicted octanol–water partition coefficient (Wildman–Crippen LogP) is 1.71. The van der Waals surface area contributed by atoms with E-state index in [0.717, 1.165) is 45.4 Å². The summed E-state index contributed by atoms with van der Waals surface area (Å²) >= 11 is 0. The van der Waals surface area contributed by atoms with Gasteiger partial charge in [0, 0.05) is 25.7 Å². The van der Waals surface area contributed by atoms with Gasteiger partial charge in [-0.2, -0.15) is 0 Å². The maximum absolute atomic E-state index is 11.9. The van der Waals surface area contributed by atoms with Crippen molar-refractivity contribution in [2.75, 3.05) is 26.2 Å². The van der Waals surface area contributed by atoms with Crippen LogP contribution >= 0.6 is 0 Å². The highest BCUT2D eigenvalue weighted by atomic mass is 16.2. The summed E-state index contributed by atoms with van der Waals surface area (Å²) < 4.78 is 0. The minimum absolute atomic E-state index is 0.143. The molecule has 0 aromatic heterocycles. The monoisotopic (exact) mass is 239 g/mol. The maximum atomic E-state index is 11.9. The van der Waals surface area contributed by atoms with E-state index in [4.69, 9.17) is 0 Å². The lowest BCUT2D eigenvalue weighted by molar-refractivity contribution is 0.199. The van der Waals surface area contributed by atoms with Gasteiger partial charge in [-0.1, -0.05) is 12.8 Å². The van der Waals surface area contributed by atoms with Crippen LogP contribution in [0.25, 0.3) is 0 Å². The number of hydrogen-bond donors (Lipinski definition) is 2. The summed E-state index contributed by atoms with van der Waals surface area (Å²) in [7, 11) is 0. The molecule has 2 aliphatic rings. The summed E-state index contributed by atoms with van der Waals surface area (Å²) in [5, 5.41) is 6.51. The summed E-state index contributed by atoms with van der Waals surface area (Å²) in [4.78, 5) is 13.9. The Kier molecular flexibility index (Phi) is 5.10. The fourth-order valence-corrected chi connectivity index (χ4v) is 2.74. The first kappa shape index (κ1) is 12.7. The highest BCUT2D eigenvalue weighted by Gasteiger charge is 2.16. The first-order chi connectivity index (χ1) is 8.36. The number of nitrogens with zero attached hydrogens (tertiary/aromatic N) is 1.